The number of hydrogen-bond donors (Lipinski definition) is 0. The molecule has 0 saturated heterocycles. The first-order valence-electron chi connectivity index (χ1n) is 3.63. The summed E-state index contributed by atoms with van der Waals surface area (Å²) in [5, 5.41) is 1.07. The smallest absolute Gasteiger partial charge is 0.159 e. The summed E-state index contributed by atoms with van der Waals surface area (Å²) < 4.78 is 0.988. The van der Waals surface area contributed by atoms with Crippen LogP contribution < -0.4 is 0 Å². The van der Waals surface area contributed by atoms with Gasteiger partial charge in [0.1, 0.15) is 0 Å². The Morgan fingerprint density at radius 3 is 2.75 bits per heavy atom. The minimum absolute atomic E-state index is 0.795. The molecule has 3 heteroatoms. The van der Waals surface area contributed by atoms with Crippen LogP contribution in [0.2, 0.25) is 0 Å². The molecule has 2 aromatic heterocycles. The molecule has 0 bridgehead atoms. The molecule has 2 heterocycles. The van der Waals surface area contributed by atoms with Crippen molar-refractivity contribution in [3.05, 3.63) is 34.6 Å². The Kier molecular flexibility index (Phi) is 1.81. The van der Waals surface area contributed by atoms with Crippen molar-refractivity contribution < 1.29 is 0 Å². The van der Waals surface area contributed by atoms with E-state index in [0.717, 1.165) is 21.1 Å². The Morgan fingerprint density at radius 2 is 1.92 bits per heavy atom. The Labute approximate surface area is 78.8 Å². The van der Waals surface area contributed by atoms with Crippen molar-refractivity contribution in [2.75, 3.05) is 0 Å². The van der Waals surface area contributed by atoms with Crippen LogP contribution in [0.4, 0.5) is 0 Å². The maximum absolute atomic E-state index is 4.19. The van der Waals surface area contributed by atoms with Gasteiger partial charge in [-0.1, -0.05) is 0 Å². The van der Waals surface area contributed by atoms with Gasteiger partial charge >= 0.3 is 0 Å². The van der Waals surface area contributed by atoms with Gasteiger partial charge < -0.3 is 0 Å². The molecule has 60 valence electrons. The van der Waals surface area contributed by atoms with Gasteiger partial charge in [-0.05, 0) is 40.5 Å². The summed E-state index contributed by atoms with van der Waals surface area (Å²) in [4.78, 5) is 8.35. The summed E-state index contributed by atoms with van der Waals surface area (Å²) in [6.45, 7) is 2.02. The van der Waals surface area contributed by atoms with Crippen molar-refractivity contribution in [1.82, 2.24) is 9.97 Å². The molecule has 0 aliphatic carbocycles. The average Bonchev–Trinajstić information content (AvgIpc) is 2.03. The van der Waals surface area contributed by atoms with E-state index in [9.17, 15) is 0 Å². The molecule has 0 amide bonds. The largest absolute Gasteiger partial charge is 0.236 e. The number of hydrogen-bond acceptors (Lipinski definition) is 2. The van der Waals surface area contributed by atoms with Gasteiger partial charge in [0.2, 0.25) is 0 Å². The van der Waals surface area contributed by atoms with Crippen molar-refractivity contribution in [2.45, 2.75) is 6.92 Å². The Bertz CT molecular complexity index is 389. The highest BCUT2D eigenvalue weighted by molar-refractivity contribution is 9.10. The van der Waals surface area contributed by atoms with Crippen LogP contribution in [-0.2, 0) is 0 Å². The standard InChI is InChI=1S/C9H7BrN2/c1-6-2-7-3-8(10)5-12-9(7)11-4-6/h2-5H,1H3. The maximum atomic E-state index is 4.19. The lowest BCUT2D eigenvalue weighted by Crippen LogP contribution is -1.84. The normalized spacial score (nSPS) is 10.5. The summed E-state index contributed by atoms with van der Waals surface area (Å²) in [6, 6.07) is 4.09. The quantitative estimate of drug-likeness (QED) is 0.686. The monoisotopic (exact) mass is 222 g/mol. The molecule has 0 spiro atoms. The van der Waals surface area contributed by atoms with E-state index in [1.165, 1.54) is 0 Å². The highest BCUT2D eigenvalue weighted by atomic mass is 79.9. The first kappa shape index (κ1) is 7.68. The lowest BCUT2D eigenvalue weighted by Gasteiger charge is -1.97. The van der Waals surface area contributed by atoms with Gasteiger partial charge in [0, 0.05) is 22.3 Å². The zero-order valence-electron chi connectivity index (χ0n) is 6.58. The summed E-state index contributed by atoms with van der Waals surface area (Å²) in [5.41, 5.74) is 1.95. The number of rotatable bonds is 0. The van der Waals surface area contributed by atoms with E-state index >= 15 is 0 Å². The Hall–Kier alpha value is -0.960. The zero-order chi connectivity index (χ0) is 8.55. The second kappa shape index (κ2) is 2.83. The van der Waals surface area contributed by atoms with Crippen molar-refractivity contribution in [2.24, 2.45) is 0 Å². The van der Waals surface area contributed by atoms with Crippen molar-refractivity contribution in [3.63, 3.8) is 0 Å². The highest BCUT2D eigenvalue weighted by Gasteiger charge is 1.96. The van der Waals surface area contributed by atoms with E-state index in [1.807, 2.05) is 19.2 Å². The van der Waals surface area contributed by atoms with Crippen LogP contribution in [0, 0.1) is 6.92 Å². The molecule has 0 aliphatic rings. The fourth-order valence-electron chi connectivity index (χ4n) is 1.11. The number of pyridine rings is 2. The lowest BCUT2D eigenvalue weighted by atomic mass is 10.2. The van der Waals surface area contributed by atoms with Gasteiger partial charge in [-0.25, -0.2) is 9.97 Å². The molecule has 0 N–H and O–H groups in total. The number of aryl methyl sites for hydroxylation is 1. The van der Waals surface area contributed by atoms with Crippen molar-refractivity contribution in [3.8, 4) is 0 Å². The SMILES string of the molecule is Cc1cnc2ncc(Br)cc2c1. The molecule has 0 aromatic carbocycles. The van der Waals surface area contributed by atoms with Crippen LogP contribution in [0.3, 0.4) is 0 Å². The topological polar surface area (TPSA) is 25.8 Å². The van der Waals surface area contributed by atoms with Gasteiger partial charge in [0.05, 0.1) is 0 Å². The van der Waals surface area contributed by atoms with Crippen LogP contribution in [0.1, 0.15) is 5.56 Å². The summed E-state index contributed by atoms with van der Waals surface area (Å²) in [5.74, 6) is 0. The summed E-state index contributed by atoms with van der Waals surface area (Å²) in [6.07, 6.45) is 3.58. The number of fused-ring (bicyclic) bond motifs is 1. The van der Waals surface area contributed by atoms with Crippen molar-refractivity contribution in [1.29, 1.82) is 0 Å². The van der Waals surface area contributed by atoms with Crippen LogP contribution >= 0.6 is 15.9 Å². The maximum Gasteiger partial charge on any atom is 0.159 e. The molecule has 0 aliphatic heterocycles. The van der Waals surface area contributed by atoms with E-state index in [0.29, 0.717) is 0 Å². The Morgan fingerprint density at radius 1 is 1.17 bits per heavy atom. The minimum atomic E-state index is 0.795. The molecule has 2 rings (SSSR count). The molecule has 0 fully saturated rings. The van der Waals surface area contributed by atoms with Gasteiger partial charge in [-0.2, -0.15) is 0 Å². The van der Waals surface area contributed by atoms with Crippen LogP contribution in [-0.4, -0.2) is 9.97 Å². The first-order chi connectivity index (χ1) is 5.75. The van der Waals surface area contributed by atoms with Crippen LogP contribution in [0.5, 0.6) is 0 Å². The molecule has 2 aromatic rings. The van der Waals surface area contributed by atoms with E-state index < -0.39 is 0 Å². The minimum Gasteiger partial charge on any atom is -0.236 e. The third-order valence-corrected chi connectivity index (χ3v) is 2.07. The fraction of sp³-hybridized carbons (Fsp3) is 0.111. The molecular weight excluding hydrogens is 216 g/mol. The molecular formula is C9H7BrN2. The first-order valence-corrected chi connectivity index (χ1v) is 4.43. The van der Waals surface area contributed by atoms with Crippen molar-refractivity contribution >= 4 is 27.0 Å². The summed E-state index contributed by atoms with van der Waals surface area (Å²) >= 11 is 3.37. The molecule has 0 saturated carbocycles. The number of halogens is 1. The van der Waals surface area contributed by atoms with Gasteiger partial charge in [0.25, 0.3) is 0 Å². The van der Waals surface area contributed by atoms with E-state index in [2.05, 4.69) is 32.0 Å². The third kappa shape index (κ3) is 1.32. The fourth-order valence-corrected chi connectivity index (χ4v) is 1.46. The van der Waals surface area contributed by atoms with E-state index in [4.69, 9.17) is 0 Å². The zero-order valence-corrected chi connectivity index (χ0v) is 8.17. The van der Waals surface area contributed by atoms with Gasteiger partial charge in [-0.15, -0.1) is 0 Å². The predicted octanol–water partition coefficient (Wildman–Crippen LogP) is 2.70. The second-order valence-corrected chi connectivity index (χ2v) is 3.63. The molecule has 0 unspecified atom stereocenters. The lowest BCUT2D eigenvalue weighted by molar-refractivity contribution is 1.25. The average molecular weight is 223 g/mol. The molecule has 12 heavy (non-hydrogen) atoms. The number of nitrogens with zero attached hydrogens (tertiary/aromatic N) is 2. The number of aromatic nitrogens is 2. The van der Waals surface area contributed by atoms with E-state index in [1.54, 1.807) is 6.20 Å². The summed E-state index contributed by atoms with van der Waals surface area (Å²) in [7, 11) is 0. The molecule has 2 nitrogen and oxygen atoms in total. The molecule has 0 atom stereocenters. The second-order valence-electron chi connectivity index (χ2n) is 2.71. The third-order valence-electron chi connectivity index (χ3n) is 1.64. The van der Waals surface area contributed by atoms with Crippen LogP contribution in [0.25, 0.3) is 11.0 Å². The van der Waals surface area contributed by atoms with Crippen LogP contribution in [0.15, 0.2) is 29.0 Å². The van der Waals surface area contributed by atoms with Gasteiger partial charge in [-0.3, -0.25) is 0 Å². The Balaban J connectivity index is 2.80. The predicted molar refractivity (Wildman–Crippen MR) is 52.0 cm³/mol. The van der Waals surface area contributed by atoms with Gasteiger partial charge in [0.15, 0.2) is 5.65 Å². The molecule has 0 radical (unpaired) electrons. The highest BCUT2D eigenvalue weighted by Crippen LogP contribution is 2.15. The van der Waals surface area contributed by atoms with E-state index in [-0.39, 0.29) is 0 Å².